The lowest BCUT2D eigenvalue weighted by Gasteiger charge is -2.07. The molecule has 0 saturated carbocycles. The van der Waals surface area contributed by atoms with Crippen LogP contribution in [0.4, 0.5) is 0 Å². The van der Waals surface area contributed by atoms with Gasteiger partial charge in [-0.25, -0.2) is 4.79 Å². The van der Waals surface area contributed by atoms with Crippen molar-refractivity contribution in [2.24, 2.45) is 0 Å². The van der Waals surface area contributed by atoms with Crippen LogP contribution in [0.25, 0.3) is 11.0 Å². The number of rotatable bonds is 4. The Morgan fingerprint density at radius 1 is 1.33 bits per heavy atom. The van der Waals surface area contributed by atoms with Crippen LogP contribution >= 0.6 is 0 Å². The summed E-state index contributed by atoms with van der Waals surface area (Å²) in [6.45, 7) is 2.32. The lowest BCUT2D eigenvalue weighted by molar-refractivity contribution is 0.279. The van der Waals surface area contributed by atoms with E-state index in [-0.39, 0.29) is 28.2 Å². The van der Waals surface area contributed by atoms with Gasteiger partial charge in [0, 0.05) is 0 Å². The maximum Gasteiger partial charge on any atom is 0.383 e. The van der Waals surface area contributed by atoms with Crippen LogP contribution in [0.5, 0.6) is 17.2 Å². The maximum absolute atomic E-state index is 11.6. The number of hydrogen-bond donors (Lipinski definition) is 2. The first kappa shape index (κ1) is 12.3. The molecule has 0 fully saturated rings. The Morgan fingerprint density at radius 2 is 2.11 bits per heavy atom. The number of phenolic OH excluding ortho intramolecular Hbond substituents is 1. The van der Waals surface area contributed by atoms with E-state index >= 15 is 0 Å². The average Bonchev–Trinajstić information content (AvgIpc) is 2.35. The Labute approximate surface area is 103 Å². The molecule has 0 unspecified atom stereocenters. The fourth-order valence-corrected chi connectivity index (χ4v) is 1.60. The summed E-state index contributed by atoms with van der Waals surface area (Å²) in [5.74, 6) is -0.527. The summed E-state index contributed by atoms with van der Waals surface area (Å²) in [5, 5.41) is 19.6. The minimum Gasteiger partial charge on any atom is -0.508 e. The molecule has 0 aliphatic carbocycles. The van der Waals surface area contributed by atoms with E-state index in [0.717, 1.165) is 12.8 Å². The molecule has 0 atom stereocenters. The summed E-state index contributed by atoms with van der Waals surface area (Å²) in [7, 11) is 0. The molecule has 0 amide bonds. The summed E-state index contributed by atoms with van der Waals surface area (Å²) in [6.07, 6.45) is 1.69. The molecule has 0 aliphatic heterocycles. The van der Waals surface area contributed by atoms with E-state index in [9.17, 15) is 15.0 Å². The van der Waals surface area contributed by atoms with Gasteiger partial charge < -0.3 is 19.4 Å². The van der Waals surface area contributed by atoms with Crippen LogP contribution in [-0.4, -0.2) is 16.8 Å². The molecule has 5 nitrogen and oxygen atoms in total. The van der Waals surface area contributed by atoms with Gasteiger partial charge in [0.25, 0.3) is 0 Å². The fraction of sp³-hybridized carbons (Fsp3) is 0.308. The van der Waals surface area contributed by atoms with Crippen molar-refractivity contribution in [2.75, 3.05) is 6.61 Å². The van der Waals surface area contributed by atoms with Gasteiger partial charge in [0.2, 0.25) is 5.75 Å². The quantitative estimate of drug-likeness (QED) is 0.643. The van der Waals surface area contributed by atoms with Gasteiger partial charge in [-0.05, 0) is 24.6 Å². The van der Waals surface area contributed by atoms with Gasteiger partial charge in [-0.15, -0.1) is 0 Å². The number of hydrogen-bond acceptors (Lipinski definition) is 5. The Kier molecular flexibility index (Phi) is 3.41. The molecule has 5 heteroatoms. The summed E-state index contributed by atoms with van der Waals surface area (Å²) in [5.41, 5.74) is -0.514. The second-order valence-electron chi connectivity index (χ2n) is 3.95. The third-order valence-electron chi connectivity index (χ3n) is 2.57. The predicted octanol–water partition coefficient (Wildman–Crippen LogP) is 2.38. The van der Waals surface area contributed by atoms with Crippen molar-refractivity contribution in [3.8, 4) is 17.2 Å². The molecular weight excluding hydrogens is 236 g/mol. The highest BCUT2D eigenvalue weighted by molar-refractivity contribution is 5.86. The van der Waals surface area contributed by atoms with Gasteiger partial charge in [-0.2, -0.15) is 0 Å². The van der Waals surface area contributed by atoms with Crippen LogP contribution in [0.2, 0.25) is 0 Å². The first-order valence-corrected chi connectivity index (χ1v) is 5.75. The van der Waals surface area contributed by atoms with Gasteiger partial charge in [-0.1, -0.05) is 13.3 Å². The van der Waals surface area contributed by atoms with Crippen LogP contribution in [0, 0.1) is 0 Å². The molecule has 96 valence electrons. The average molecular weight is 250 g/mol. The first-order chi connectivity index (χ1) is 8.63. The van der Waals surface area contributed by atoms with Crippen molar-refractivity contribution in [2.45, 2.75) is 19.8 Å². The molecule has 0 bridgehead atoms. The van der Waals surface area contributed by atoms with Crippen molar-refractivity contribution >= 4 is 11.0 Å². The molecule has 18 heavy (non-hydrogen) atoms. The Morgan fingerprint density at radius 3 is 2.83 bits per heavy atom. The second kappa shape index (κ2) is 5.00. The SMILES string of the molecule is CCCCOc1c(O)c2cc(O)ccc2oc1=O. The van der Waals surface area contributed by atoms with Crippen molar-refractivity contribution in [1.82, 2.24) is 0 Å². The first-order valence-electron chi connectivity index (χ1n) is 5.75. The Bertz CT molecular complexity index is 615. The summed E-state index contributed by atoms with van der Waals surface area (Å²) in [4.78, 5) is 11.6. The highest BCUT2D eigenvalue weighted by atomic mass is 16.5. The highest BCUT2D eigenvalue weighted by Crippen LogP contribution is 2.33. The van der Waals surface area contributed by atoms with Crippen LogP contribution < -0.4 is 10.4 Å². The standard InChI is InChI=1S/C13H14O5/c1-2-3-6-17-12-11(15)9-7-8(14)4-5-10(9)18-13(12)16/h4-5,7,14-15H,2-3,6H2,1H3. The predicted molar refractivity (Wildman–Crippen MR) is 66.2 cm³/mol. The molecule has 1 aromatic carbocycles. The van der Waals surface area contributed by atoms with Gasteiger partial charge in [0.05, 0.1) is 12.0 Å². The minimum absolute atomic E-state index is 0.0221. The van der Waals surface area contributed by atoms with Crippen LogP contribution in [-0.2, 0) is 0 Å². The van der Waals surface area contributed by atoms with Gasteiger partial charge >= 0.3 is 5.63 Å². The van der Waals surface area contributed by atoms with Crippen LogP contribution in [0.15, 0.2) is 27.4 Å². The van der Waals surface area contributed by atoms with Crippen LogP contribution in [0.3, 0.4) is 0 Å². The Balaban J connectivity index is 2.49. The van der Waals surface area contributed by atoms with Gasteiger partial charge in [-0.3, -0.25) is 0 Å². The zero-order valence-electron chi connectivity index (χ0n) is 9.97. The lowest BCUT2D eigenvalue weighted by Crippen LogP contribution is -2.08. The zero-order chi connectivity index (χ0) is 13.1. The highest BCUT2D eigenvalue weighted by Gasteiger charge is 2.15. The van der Waals surface area contributed by atoms with Crippen molar-refractivity contribution in [3.63, 3.8) is 0 Å². The minimum atomic E-state index is -0.721. The van der Waals surface area contributed by atoms with E-state index in [4.69, 9.17) is 9.15 Å². The number of unbranched alkanes of at least 4 members (excludes halogenated alkanes) is 1. The molecule has 0 radical (unpaired) electrons. The molecule has 1 heterocycles. The normalized spacial score (nSPS) is 10.7. The molecule has 0 aliphatic rings. The maximum atomic E-state index is 11.6. The molecule has 2 rings (SSSR count). The van der Waals surface area contributed by atoms with E-state index in [1.807, 2.05) is 6.92 Å². The smallest absolute Gasteiger partial charge is 0.383 e. The monoisotopic (exact) mass is 250 g/mol. The number of aromatic hydroxyl groups is 2. The van der Waals surface area contributed by atoms with E-state index in [1.165, 1.54) is 18.2 Å². The fourth-order valence-electron chi connectivity index (χ4n) is 1.60. The number of ether oxygens (including phenoxy) is 1. The largest absolute Gasteiger partial charge is 0.508 e. The number of phenols is 1. The third kappa shape index (κ3) is 2.25. The molecule has 1 aromatic heterocycles. The van der Waals surface area contributed by atoms with Crippen molar-refractivity contribution in [3.05, 3.63) is 28.6 Å². The van der Waals surface area contributed by atoms with E-state index in [2.05, 4.69) is 0 Å². The molecule has 2 N–H and O–H groups in total. The second-order valence-corrected chi connectivity index (χ2v) is 3.95. The number of benzene rings is 1. The molecule has 0 spiro atoms. The van der Waals surface area contributed by atoms with Crippen molar-refractivity contribution in [1.29, 1.82) is 0 Å². The molecule has 0 saturated heterocycles. The van der Waals surface area contributed by atoms with E-state index < -0.39 is 5.63 Å². The van der Waals surface area contributed by atoms with Crippen LogP contribution in [0.1, 0.15) is 19.8 Å². The summed E-state index contributed by atoms with van der Waals surface area (Å²) in [6, 6.07) is 4.12. The molecular formula is C13H14O5. The van der Waals surface area contributed by atoms with E-state index in [1.54, 1.807) is 0 Å². The summed E-state index contributed by atoms with van der Waals surface area (Å²) < 4.78 is 10.2. The van der Waals surface area contributed by atoms with Crippen molar-refractivity contribution < 1.29 is 19.4 Å². The summed E-state index contributed by atoms with van der Waals surface area (Å²) >= 11 is 0. The Hall–Kier alpha value is -2.17. The van der Waals surface area contributed by atoms with E-state index in [0.29, 0.717) is 6.61 Å². The number of fused-ring (bicyclic) bond motifs is 1. The zero-order valence-corrected chi connectivity index (χ0v) is 9.97. The lowest BCUT2D eigenvalue weighted by atomic mass is 10.2. The van der Waals surface area contributed by atoms with Gasteiger partial charge in [0.1, 0.15) is 11.3 Å². The molecule has 2 aromatic rings. The third-order valence-corrected chi connectivity index (χ3v) is 2.57. The topological polar surface area (TPSA) is 79.9 Å². The van der Waals surface area contributed by atoms with Gasteiger partial charge in [0.15, 0.2) is 5.75 Å².